The van der Waals surface area contributed by atoms with Crippen LogP contribution in [-0.4, -0.2) is 43.8 Å². The van der Waals surface area contributed by atoms with E-state index in [1.54, 1.807) is 0 Å². The average Bonchev–Trinajstić information content (AvgIpc) is 0. The maximum absolute atomic E-state index is 0. The minimum atomic E-state index is 0. The summed E-state index contributed by atoms with van der Waals surface area (Å²) in [6.07, 6.45) is 0. The Bertz CT molecular complexity index is 56.7. The zero-order valence-corrected chi connectivity index (χ0v) is 29.1. The molecule has 0 aromatic carbocycles. The minimum Gasteiger partial charge on any atom is -1.00 e. The van der Waals surface area contributed by atoms with E-state index >= 15 is 0 Å². The third-order valence-electron chi connectivity index (χ3n) is 0. The van der Waals surface area contributed by atoms with Crippen molar-refractivity contribution in [1.82, 2.24) is 0 Å². The quantitative estimate of drug-likeness (QED) is 0.227. The molecule has 0 aromatic rings. The monoisotopic (exact) mass is 1010 g/mol. The van der Waals surface area contributed by atoms with Crippen LogP contribution in [0.15, 0.2) is 0 Å². The summed E-state index contributed by atoms with van der Waals surface area (Å²) in [5, 5.41) is 0. The van der Waals surface area contributed by atoms with Gasteiger partial charge in [-0.1, -0.05) is 0 Å². The zero-order valence-electron chi connectivity index (χ0n) is 14.5. The van der Waals surface area contributed by atoms with Gasteiger partial charge >= 0.3 is 69.4 Å². The van der Waals surface area contributed by atoms with Crippen LogP contribution >= 0.6 is 0 Å². The third-order valence-corrected chi connectivity index (χ3v) is 0. The first-order valence-electron chi connectivity index (χ1n) is 0. The van der Waals surface area contributed by atoms with Gasteiger partial charge in [0.05, 0.1) is 0 Å². The molecule has 216 valence electrons. The molecule has 0 aliphatic carbocycles. The summed E-state index contributed by atoms with van der Waals surface area (Å²) < 4.78 is 0. The van der Waals surface area contributed by atoms with Gasteiger partial charge in [-0.2, -0.15) is 0 Å². The van der Waals surface area contributed by atoms with E-state index in [0.29, 0.717) is 0 Å². The molecule has 0 aromatic heterocycles. The van der Waals surface area contributed by atoms with Crippen LogP contribution in [-0.2, 0) is 69.4 Å². The first-order chi connectivity index (χ1) is 0. The Morgan fingerprint density at radius 2 is 0.200 bits per heavy atom. The number of halogens is 6. The van der Waals surface area contributed by atoms with Crippen molar-refractivity contribution in [3.05, 3.63) is 73.8 Å². The largest absolute Gasteiger partial charge is 5.00 e. The van der Waals surface area contributed by atoms with Crippen molar-refractivity contribution in [1.29, 1.82) is 0 Å². The van der Waals surface area contributed by atoms with E-state index in [0.717, 1.165) is 0 Å². The van der Waals surface area contributed by atoms with Crippen molar-refractivity contribution in [2.24, 2.45) is 0 Å². The van der Waals surface area contributed by atoms with Gasteiger partial charge in [-0.15, -0.1) is 0 Å². The summed E-state index contributed by atoms with van der Waals surface area (Å²) in [5.74, 6) is 0. The predicted molar refractivity (Wildman–Crippen MR) is 82.3 cm³/mol. The summed E-state index contributed by atoms with van der Waals surface area (Å²) in [6.45, 7) is 0. The molecule has 4 radical (unpaired) electrons. The Kier molecular flexibility index (Phi) is 138000. The van der Waals surface area contributed by atoms with Gasteiger partial charge in [-0.25, -0.2) is 0 Å². The van der Waals surface area contributed by atoms with Gasteiger partial charge in [0, 0.05) is 0 Å². The summed E-state index contributed by atoms with van der Waals surface area (Å²) in [5.41, 5.74) is 0. The molecule has 0 saturated heterocycles. The molecule has 0 aliphatic heterocycles. The molecule has 0 rings (SSSR count). The summed E-state index contributed by atoms with van der Waals surface area (Å²) >= 11 is 0. The van der Waals surface area contributed by atoms with Gasteiger partial charge < -0.3 is 220 Å². The summed E-state index contributed by atoms with van der Waals surface area (Å²) in [6, 6.07) is 0. The average molecular weight is 1020 g/mol. The molecule has 0 saturated carbocycles. The van der Waals surface area contributed by atoms with Crippen LogP contribution in [0.4, 0.5) is 0 Å². The molecular weight excluding hydrogens is 983 g/mol. The van der Waals surface area contributed by atoms with Crippen LogP contribution in [0.2, 0.25) is 0 Å². The zero-order chi connectivity index (χ0) is 0. The van der Waals surface area contributed by atoms with Crippen LogP contribution in [0.5, 0.6) is 0 Å². The van der Waals surface area contributed by atoms with Gasteiger partial charge in [0.15, 0.2) is 0 Å². The molecular formula is H34Br6Cr4N12O8-8. The van der Waals surface area contributed by atoms with Gasteiger partial charge in [-0.3, -0.25) is 0 Å². The maximum Gasteiger partial charge on any atom is 5.00 e. The van der Waals surface area contributed by atoms with Crippen molar-refractivity contribution in [3.8, 4) is 0 Å². The molecule has 30 heteroatoms. The molecule has 0 aliphatic rings. The van der Waals surface area contributed by atoms with Gasteiger partial charge in [0.2, 0.25) is 0 Å². The second kappa shape index (κ2) is 1940. The Labute approximate surface area is 285 Å². The van der Waals surface area contributed by atoms with Gasteiger partial charge in [0.25, 0.3) is 0 Å². The fourth-order valence-corrected chi connectivity index (χ4v) is 0. The van der Waals surface area contributed by atoms with E-state index in [1.165, 1.54) is 0 Å². The summed E-state index contributed by atoms with van der Waals surface area (Å²) in [7, 11) is 0. The maximum atomic E-state index is 0. The standard InChI is InChI=1S/6BrH.4Cr.12H2N.8H2O/h6*1H;;;;;20*1H2/q;;;;;;2*+3;2*+5;12*-1;;;;;;;;/p-12. The van der Waals surface area contributed by atoms with Crippen molar-refractivity contribution in [2.45, 2.75) is 0 Å². The van der Waals surface area contributed by atoms with E-state index in [9.17, 15) is 0 Å². The Morgan fingerprint density at radius 3 is 0.200 bits per heavy atom. The normalized spacial score (nSPS) is 0. The van der Waals surface area contributed by atoms with E-state index in [-0.39, 0.29) is 289 Å². The Balaban J connectivity index is 0. The van der Waals surface area contributed by atoms with Crippen molar-refractivity contribution in [3.63, 3.8) is 0 Å². The second-order valence-electron chi connectivity index (χ2n) is 0. The Hall–Kier alpha value is 4.21. The van der Waals surface area contributed by atoms with Gasteiger partial charge in [0.1, 0.15) is 0 Å². The number of hydrogen-bond acceptors (Lipinski definition) is 6. The molecule has 0 unspecified atom stereocenters. The smallest absolute Gasteiger partial charge is 1.00 e. The number of nitrogens with two attached hydrogens (primary N) is 12. The molecule has 20 nitrogen and oxygen atoms in total. The third kappa shape index (κ3) is 1770. The fraction of sp³-hybridized carbons (Fsp3) is 0. The van der Waals surface area contributed by atoms with Crippen LogP contribution in [0, 0.1) is 0 Å². The second-order valence-corrected chi connectivity index (χ2v) is 0. The Morgan fingerprint density at radius 1 is 0.200 bits per heavy atom. The molecule has 0 heterocycles. The van der Waals surface area contributed by atoms with E-state index in [1.807, 2.05) is 0 Å². The molecule has 0 bridgehead atoms. The van der Waals surface area contributed by atoms with Gasteiger partial charge in [-0.05, 0) is 0 Å². The first-order valence-corrected chi connectivity index (χ1v) is 0. The van der Waals surface area contributed by atoms with Crippen LogP contribution < -0.4 is 102 Å². The van der Waals surface area contributed by atoms with E-state index in [2.05, 4.69) is 0 Å². The molecule has 0 amide bonds. The van der Waals surface area contributed by atoms with E-state index in [4.69, 9.17) is 0 Å². The number of hydrogen-bond donors (Lipinski definition) is 0. The SMILES string of the molecule is O.O.[Br-].[Br-].[Br-].[Br-].[Br-].[Br-].[Cr+3].[Cr+3].[Cr+5].[Cr+5].[NH2-].[NH2-].[NH2-].[NH2-].[NH2-].[NH2-].[NH2-].[NH2-].[NH2-].[NH2-].[NH2-].[NH2-].[OH-].[OH-].[OH-].[OH-].[OH-].[OH-]. The van der Waals surface area contributed by atoms with E-state index < -0.39 is 0 Å². The predicted octanol–water partition coefficient (Wildman–Crippen LogP) is -12.1. The van der Waals surface area contributed by atoms with Crippen molar-refractivity contribution in [2.75, 3.05) is 0 Å². The topological polar surface area (TPSA) is 645 Å². The van der Waals surface area contributed by atoms with Crippen LogP contribution in [0.25, 0.3) is 73.8 Å². The number of rotatable bonds is 0. The fourth-order valence-electron chi connectivity index (χ4n) is 0. The molecule has 30 heavy (non-hydrogen) atoms. The first kappa shape index (κ1) is 2130. The molecule has 0 fully saturated rings. The van der Waals surface area contributed by atoms with Crippen LogP contribution in [0.1, 0.15) is 0 Å². The molecule has 34 N–H and O–H groups in total. The van der Waals surface area contributed by atoms with Crippen molar-refractivity contribution >= 4 is 0 Å². The van der Waals surface area contributed by atoms with Crippen LogP contribution in [0.3, 0.4) is 0 Å². The minimum absolute atomic E-state index is 0. The molecule has 0 spiro atoms. The summed E-state index contributed by atoms with van der Waals surface area (Å²) in [4.78, 5) is 0. The molecule has 0 atom stereocenters. The van der Waals surface area contributed by atoms with Crippen molar-refractivity contribution < 1.29 is 215 Å².